The number of hydrogen-bond donors (Lipinski definition) is 1. The average Bonchev–Trinajstić information content (AvgIpc) is 3.09. The normalized spacial score (nSPS) is 20.6. The fourth-order valence-electron chi connectivity index (χ4n) is 4.14. The molecule has 1 saturated heterocycles. The molecule has 1 amide bonds. The summed E-state index contributed by atoms with van der Waals surface area (Å²) in [7, 11) is 0. The molecular weight excluding hydrogens is 404 g/mol. The highest BCUT2D eigenvalue weighted by Crippen LogP contribution is 2.40. The number of nitrogens with one attached hydrogen (secondary N) is 1. The zero-order valence-electron chi connectivity index (χ0n) is 17.5. The molecule has 1 fully saturated rings. The Balaban J connectivity index is 1.37. The van der Waals surface area contributed by atoms with Gasteiger partial charge in [0.15, 0.2) is 0 Å². The van der Waals surface area contributed by atoms with Gasteiger partial charge >= 0.3 is 0 Å². The quantitative estimate of drug-likeness (QED) is 0.557. The van der Waals surface area contributed by atoms with Crippen LogP contribution >= 0.6 is 23.1 Å². The Bertz CT molecular complexity index is 877. The number of thioether (sulfide) groups is 1. The highest BCUT2D eigenvalue weighted by atomic mass is 32.2. The lowest BCUT2D eigenvalue weighted by Gasteiger charge is -2.40. The molecule has 1 N–H and O–H groups in total. The van der Waals surface area contributed by atoms with Crippen molar-refractivity contribution in [2.24, 2.45) is 5.92 Å². The van der Waals surface area contributed by atoms with E-state index in [4.69, 9.17) is 4.74 Å². The van der Waals surface area contributed by atoms with E-state index in [1.807, 2.05) is 0 Å². The molecule has 0 bridgehead atoms. The van der Waals surface area contributed by atoms with Gasteiger partial charge in [0.1, 0.15) is 16.2 Å². The number of hydrogen-bond acceptors (Lipinski definition) is 7. The first-order chi connectivity index (χ1) is 13.9. The van der Waals surface area contributed by atoms with E-state index in [1.165, 1.54) is 34.0 Å². The van der Waals surface area contributed by atoms with E-state index in [0.29, 0.717) is 12.3 Å². The summed E-state index contributed by atoms with van der Waals surface area (Å²) in [6, 6.07) is 0. The van der Waals surface area contributed by atoms with Crippen molar-refractivity contribution < 1.29 is 9.53 Å². The number of nitrogens with zero attached hydrogens (tertiary/aromatic N) is 3. The van der Waals surface area contributed by atoms with Gasteiger partial charge in [0.25, 0.3) is 0 Å². The van der Waals surface area contributed by atoms with Gasteiger partial charge in [-0.05, 0) is 44.6 Å². The predicted molar refractivity (Wildman–Crippen MR) is 119 cm³/mol. The number of fused-ring (bicyclic) bond motifs is 3. The van der Waals surface area contributed by atoms with E-state index < -0.39 is 0 Å². The van der Waals surface area contributed by atoms with E-state index in [-0.39, 0.29) is 11.4 Å². The Morgan fingerprint density at radius 1 is 1.38 bits per heavy atom. The second-order valence-electron chi connectivity index (χ2n) is 8.69. The third-order valence-corrected chi connectivity index (χ3v) is 8.13. The standard InChI is InChI=1S/C21H30N4O2S2/c1-14-4-5-15-16(10-14)29-20-18(15)19(23-13-24-20)28-11-17(26)22-12-21(2,3)25-6-8-27-9-7-25/h13-14H,4-12H2,1-3H3,(H,22,26). The lowest BCUT2D eigenvalue weighted by molar-refractivity contribution is -0.119. The van der Waals surface area contributed by atoms with E-state index in [0.717, 1.165) is 54.9 Å². The van der Waals surface area contributed by atoms with Crippen molar-refractivity contribution in [2.75, 3.05) is 38.6 Å². The van der Waals surface area contributed by atoms with E-state index >= 15 is 0 Å². The zero-order valence-corrected chi connectivity index (χ0v) is 19.1. The van der Waals surface area contributed by atoms with Crippen LogP contribution in [0.15, 0.2) is 11.4 Å². The summed E-state index contributed by atoms with van der Waals surface area (Å²) in [5, 5.41) is 5.25. The van der Waals surface area contributed by atoms with Crippen molar-refractivity contribution in [3.63, 3.8) is 0 Å². The highest BCUT2D eigenvalue weighted by molar-refractivity contribution is 8.00. The maximum absolute atomic E-state index is 12.5. The van der Waals surface area contributed by atoms with Crippen LogP contribution in [0.1, 0.15) is 37.6 Å². The van der Waals surface area contributed by atoms with Gasteiger partial charge in [0.2, 0.25) is 5.91 Å². The number of ether oxygens (including phenoxy) is 1. The number of thiophene rings is 1. The number of amides is 1. The molecule has 2 aromatic heterocycles. The van der Waals surface area contributed by atoms with Gasteiger partial charge in [0, 0.05) is 35.4 Å². The van der Waals surface area contributed by atoms with Gasteiger partial charge in [-0.2, -0.15) is 0 Å². The minimum absolute atomic E-state index is 0.0563. The molecule has 29 heavy (non-hydrogen) atoms. The summed E-state index contributed by atoms with van der Waals surface area (Å²) in [5.41, 5.74) is 1.34. The molecule has 158 valence electrons. The Labute approximate surface area is 180 Å². The number of carbonyl (C=O) groups is 1. The van der Waals surface area contributed by atoms with Crippen LogP contribution in [0.5, 0.6) is 0 Å². The van der Waals surface area contributed by atoms with Crippen LogP contribution in [0.2, 0.25) is 0 Å². The topological polar surface area (TPSA) is 67.4 Å². The Morgan fingerprint density at radius 3 is 2.97 bits per heavy atom. The summed E-state index contributed by atoms with van der Waals surface area (Å²) in [6.07, 6.45) is 5.08. The largest absolute Gasteiger partial charge is 0.379 e. The smallest absolute Gasteiger partial charge is 0.230 e. The summed E-state index contributed by atoms with van der Waals surface area (Å²) >= 11 is 3.33. The fourth-order valence-corrected chi connectivity index (χ4v) is 6.41. The van der Waals surface area contributed by atoms with Gasteiger partial charge in [-0.15, -0.1) is 11.3 Å². The molecule has 1 aliphatic heterocycles. The lowest BCUT2D eigenvalue weighted by Crippen LogP contribution is -2.55. The molecule has 6 nitrogen and oxygen atoms in total. The molecule has 0 spiro atoms. The van der Waals surface area contributed by atoms with Gasteiger partial charge < -0.3 is 10.1 Å². The molecule has 0 saturated carbocycles. The summed E-state index contributed by atoms with van der Waals surface area (Å²) < 4.78 is 5.44. The first-order valence-corrected chi connectivity index (χ1v) is 12.2. The Morgan fingerprint density at radius 2 is 2.17 bits per heavy atom. The van der Waals surface area contributed by atoms with Crippen molar-refractivity contribution in [3.05, 3.63) is 16.8 Å². The predicted octanol–water partition coefficient (Wildman–Crippen LogP) is 3.14. The van der Waals surface area contributed by atoms with Gasteiger partial charge in [-0.1, -0.05) is 18.7 Å². The van der Waals surface area contributed by atoms with Gasteiger partial charge in [-0.25, -0.2) is 9.97 Å². The molecule has 0 radical (unpaired) electrons. The molecule has 4 rings (SSSR count). The fraction of sp³-hybridized carbons (Fsp3) is 0.667. The van der Waals surface area contributed by atoms with Crippen LogP contribution in [0, 0.1) is 5.92 Å². The van der Waals surface area contributed by atoms with E-state index in [2.05, 4.69) is 41.0 Å². The molecule has 2 aromatic rings. The first-order valence-electron chi connectivity index (χ1n) is 10.4. The lowest BCUT2D eigenvalue weighted by atomic mass is 9.89. The Kier molecular flexibility index (Phi) is 6.44. The van der Waals surface area contributed by atoms with Crippen LogP contribution in [0.3, 0.4) is 0 Å². The molecule has 0 aromatic carbocycles. The minimum Gasteiger partial charge on any atom is -0.379 e. The number of aryl methyl sites for hydroxylation is 1. The van der Waals surface area contributed by atoms with Crippen LogP contribution in [0.25, 0.3) is 10.2 Å². The van der Waals surface area contributed by atoms with Crippen molar-refractivity contribution in [2.45, 2.75) is 50.6 Å². The maximum atomic E-state index is 12.5. The number of aromatic nitrogens is 2. The summed E-state index contributed by atoms with van der Waals surface area (Å²) in [6.45, 7) is 10.7. The van der Waals surface area contributed by atoms with Crippen molar-refractivity contribution in [1.29, 1.82) is 0 Å². The molecule has 1 aliphatic carbocycles. The SMILES string of the molecule is CC1CCc2c(sc3ncnc(SCC(=O)NCC(C)(C)N4CCOCC4)c23)C1. The molecule has 1 unspecified atom stereocenters. The summed E-state index contributed by atoms with van der Waals surface area (Å²) in [5.74, 6) is 1.17. The van der Waals surface area contributed by atoms with E-state index in [9.17, 15) is 4.79 Å². The second-order valence-corrected chi connectivity index (χ2v) is 10.7. The van der Waals surface area contributed by atoms with Crippen LogP contribution in [-0.2, 0) is 22.4 Å². The minimum atomic E-state index is -0.0740. The molecule has 8 heteroatoms. The molecule has 2 aliphatic rings. The van der Waals surface area contributed by atoms with Crippen molar-refractivity contribution >= 4 is 39.2 Å². The van der Waals surface area contributed by atoms with Crippen molar-refractivity contribution in [1.82, 2.24) is 20.2 Å². The van der Waals surface area contributed by atoms with Crippen molar-refractivity contribution in [3.8, 4) is 0 Å². The number of carbonyl (C=O) groups excluding carboxylic acids is 1. The maximum Gasteiger partial charge on any atom is 0.230 e. The first kappa shape index (κ1) is 21.0. The third kappa shape index (κ3) is 4.76. The summed E-state index contributed by atoms with van der Waals surface area (Å²) in [4.78, 5) is 26.5. The Hall–Kier alpha value is -1.22. The van der Waals surface area contributed by atoms with Crippen LogP contribution in [0.4, 0.5) is 0 Å². The zero-order chi connectivity index (χ0) is 20.4. The van der Waals surface area contributed by atoms with E-state index in [1.54, 1.807) is 17.7 Å². The average molecular weight is 435 g/mol. The van der Waals surface area contributed by atoms with Gasteiger partial charge in [0.05, 0.1) is 19.0 Å². The van der Waals surface area contributed by atoms with Gasteiger partial charge in [-0.3, -0.25) is 9.69 Å². The third-order valence-electron chi connectivity index (χ3n) is 5.98. The van der Waals surface area contributed by atoms with Crippen LogP contribution < -0.4 is 5.32 Å². The highest BCUT2D eigenvalue weighted by Gasteiger charge is 2.29. The molecule has 1 atom stereocenters. The monoisotopic (exact) mass is 434 g/mol. The van der Waals surface area contributed by atoms with Crippen LogP contribution in [-0.4, -0.2) is 64.9 Å². The number of rotatable bonds is 6. The second kappa shape index (κ2) is 8.88. The number of morpholine rings is 1. The molecular formula is C21H30N4O2S2. The molecule has 3 heterocycles.